The lowest BCUT2D eigenvalue weighted by Gasteiger charge is -2.07. The van der Waals surface area contributed by atoms with E-state index >= 15 is 0 Å². The molecule has 5 nitrogen and oxygen atoms in total. The molecule has 0 aliphatic rings. The van der Waals surface area contributed by atoms with Gasteiger partial charge >= 0.3 is 0 Å². The number of rotatable bonds is 3. The molecule has 0 bridgehead atoms. The smallest absolute Gasteiger partial charge is 0.258 e. The van der Waals surface area contributed by atoms with Gasteiger partial charge in [0.1, 0.15) is 11.6 Å². The van der Waals surface area contributed by atoms with Gasteiger partial charge in [0.05, 0.1) is 10.5 Å². The van der Waals surface area contributed by atoms with Crippen molar-refractivity contribution in [3.05, 3.63) is 53.8 Å². The Bertz CT molecular complexity index is 785. The number of carbonyl (C=O) groups is 1. The number of carbonyl (C=O) groups excluding carboxylic acids is 1. The van der Waals surface area contributed by atoms with Crippen molar-refractivity contribution in [2.24, 2.45) is 0 Å². The van der Waals surface area contributed by atoms with Crippen LogP contribution in [0.2, 0.25) is 0 Å². The molecule has 0 aliphatic carbocycles. The topological polar surface area (TPSA) is 83.5 Å². The molecule has 0 radical (unpaired) electrons. The lowest BCUT2D eigenvalue weighted by molar-refractivity contribution is 0.102. The van der Waals surface area contributed by atoms with E-state index in [-0.39, 0.29) is 16.2 Å². The first kappa shape index (κ1) is 15.0. The third-order valence-corrected chi connectivity index (χ3v) is 3.87. The first-order valence-electron chi connectivity index (χ1n) is 5.87. The van der Waals surface area contributed by atoms with Crippen LogP contribution in [0.15, 0.2) is 47.4 Å². The third-order valence-electron chi connectivity index (χ3n) is 2.74. The van der Waals surface area contributed by atoms with Crippen LogP contribution in [-0.2, 0) is 9.84 Å². The van der Waals surface area contributed by atoms with Crippen molar-refractivity contribution in [2.45, 2.75) is 4.90 Å². The summed E-state index contributed by atoms with van der Waals surface area (Å²) in [5, 5.41) is 11.5. The molecule has 0 heterocycles. The molecule has 0 saturated heterocycles. The zero-order valence-electron chi connectivity index (χ0n) is 11.0. The quantitative estimate of drug-likeness (QED) is 0.910. The molecule has 7 heteroatoms. The van der Waals surface area contributed by atoms with Crippen molar-refractivity contribution < 1.29 is 22.7 Å². The molecule has 0 aromatic heterocycles. The maximum Gasteiger partial charge on any atom is 0.258 e. The number of aromatic hydroxyl groups is 1. The van der Waals surface area contributed by atoms with Crippen molar-refractivity contribution in [3.8, 4) is 5.75 Å². The Labute approximate surface area is 121 Å². The molecule has 0 atom stereocenters. The SMILES string of the molecule is CS(=O)(=O)c1ccc(NC(=O)c2ccc(O)cc2F)cc1. The van der Waals surface area contributed by atoms with Crippen molar-refractivity contribution in [2.75, 3.05) is 11.6 Å². The lowest BCUT2D eigenvalue weighted by Crippen LogP contribution is -2.13. The molecular formula is C14H12FNO4S. The van der Waals surface area contributed by atoms with E-state index in [1.54, 1.807) is 0 Å². The molecular weight excluding hydrogens is 297 g/mol. The van der Waals surface area contributed by atoms with E-state index in [0.717, 1.165) is 18.4 Å². The van der Waals surface area contributed by atoms with Crippen LogP contribution in [0, 0.1) is 5.82 Å². The van der Waals surface area contributed by atoms with Gasteiger partial charge in [-0.2, -0.15) is 0 Å². The highest BCUT2D eigenvalue weighted by Gasteiger charge is 2.13. The molecule has 2 aromatic carbocycles. The average molecular weight is 309 g/mol. The summed E-state index contributed by atoms with van der Waals surface area (Å²) in [6.07, 6.45) is 1.08. The fraction of sp³-hybridized carbons (Fsp3) is 0.0714. The fourth-order valence-corrected chi connectivity index (χ4v) is 2.30. The van der Waals surface area contributed by atoms with Gasteiger partial charge in [0, 0.05) is 18.0 Å². The fourth-order valence-electron chi connectivity index (χ4n) is 1.67. The summed E-state index contributed by atoms with van der Waals surface area (Å²) in [7, 11) is -3.31. The molecule has 2 rings (SSSR count). The zero-order valence-corrected chi connectivity index (χ0v) is 11.8. The molecule has 0 saturated carbocycles. The molecule has 0 aliphatic heterocycles. The van der Waals surface area contributed by atoms with E-state index < -0.39 is 21.6 Å². The van der Waals surface area contributed by atoms with Gasteiger partial charge in [0.2, 0.25) is 0 Å². The number of phenolic OH excluding ortho intramolecular Hbond substituents is 1. The van der Waals surface area contributed by atoms with E-state index in [1.165, 1.54) is 30.3 Å². The van der Waals surface area contributed by atoms with Crippen LogP contribution in [0.25, 0.3) is 0 Å². The van der Waals surface area contributed by atoms with E-state index in [9.17, 15) is 17.6 Å². The Morgan fingerprint density at radius 1 is 1.14 bits per heavy atom. The Morgan fingerprint density at radius 2 is 1.76 bits per heavy atom. The van der Waals surface area contributed by atoms with Crippen LogP contribution in [-0.4, -0.2) is 25.7 Å². The Morgan fingerprint density at radius 3 is 2.29 bits per heavy atom. The maximum absolute atomic E-state index is 13.5. The van der Waals surface area contributed by atoms with Crippen molar-refractivity contribution in [1.82, 2.24) is 0 Å². The summed E-state index contributed by atoms with van der Waals surface area (Å²) in [5.74, 6) is -1.82. The van der Waals surface area contributed by atoms with Gasteiger partial charge < -0.3 is 10.4 Å². The minimum absolute atomic E-state index is 0.122. The predicted octanol–water partition coefficient (Wildman–Crippen LogP) is 2.19. The highest BCUT2D eigenvalue weighted by atomic mass is 32.2. The molecule has 0 unspecified atom stereocenters. The Kier molecular flexibility index (Phi) is 3.95. The monoisotopic (exact) mass is 309 g/mol. The Hall–Kier alpha value is -2.41. The van der Waals surface area contributed by atoms with Gasteiger partial charge in [-0.05, 0) is 36.4 Å². The molecule has 0 spiro atoms. The van der Waals surface area contributed by atoms with Crippen molar-refractivity contribution >= 4 is 21.4 Å². The van der Waals surface area contributed by atoms with Crippen LogP contribution in [0.4, 0.5) is 10.1 Å². The summed E-state index contributed by atoms with van der Waals surface area (Å²) in [4.78, 5) is 12.0. The average Bonchev–Trinajstić information content (AvgIpc) is 2.38. The number of anilines is 1. The molecule has 110 valence electrons. The second kappa shape index (κ2) is 5.53. The highest BCUT2D eigenvalue weighted by Crippen LogP contribution is 2.18. The summed E-state index contributed by atoms with van der Waals surface area (Å²) < 4.78 is 36.1. The minimum atomic E-state index is -3.31. The van der Waals surface area contributed by atoms with Crippen molar-refractivity contribution in [3.63, 3.8) is 0 Å². The number of halogens is 1. The second-order valence-electron chi connectivity index (χ2n) is 4.41. The van der Waals surface area contributed by atoms with Gasteiger partial charge in [-0.15, -0.1) is 0 Å². The van der Waals surface area contributed by atoms with Gasteiger partial charge in [-0.3, -0.25) is 4.79 Å². The molecule has 2 aromatic rings. The van der Waals surface area contributed by atoms with Gasteiger partial charge in [0.15, 0.2) is 9.84 Å². The minimum Gasteiger partial charge on any atom is -0.508 e. The number of nitrogens with one attached hydrogen (secondary N) is 1. The standard InChI is InChI=1S/C14H12FNO4S/c1-21(19,20)11-5-2-9(3-6-11)16-14(18)12-7-4-10(17)8-13(12)15/h2-8,17H,1H3,(H,16,18). The molecule has 1 amide bonds. The highest BCUT2D eigenvalue weighted by molar-refractivity contribution is 7.90. The maximum atomic E-state index is 13.5. The van der Waals surface area contributed by atoms with Crippen molar-refractivity contribution in [1.29, 1.82) is 0 Å². The summed E-state index contributed by atoms with van der Waals surface area (Å²) in [6.45, 7) is 0. The largest absolute Gasteiger partial charge is 0.508 e. The van der Waals surface area contributed by atoms with Crippen LogP contribution in [0.1, 0.15) is 10.4 Å². The van der Waals surface area contributed by atoms with E-state index in [2.05, 4.69) is 5.32 Å². The van der Waals surface area contributed by atoms with Crippen LogP contribution >= 0.6 is 0 Å². The summed E-state index contributed by atoms with van der Waals surface area (Å²) in [6, 6.07) is 8.70. The summed E-state index contributed by atoms with van der Waals surface area (Å²) in [5.41, 5.74) is 0.111. The van der Waals surface area contributed by atoms with Crippen LogP contribution in [0.5, 0.6) is 5.75 Å². The normalized spacial score (nSPS) is 11.1. The molecule has 0 fully saturated rings. The Balaban J connectivity index is 2.20. The van der Waals surface area contributed by atoms with E-state index in [0.29, 0.717) is 5.69 Å². The second-order valence-corrected chi connectivity index (χ2v) is 6.43. The number of sulfone groups is 1. The van der Waals surface area contributed by atoms with E-state index in [4.69, 9.17) is 5.11 Å². The number of amides is 1. The first-order chi connectivity index (χ1) is 9.77. The third kappa shape index (κ3) is 3.57. The zero-order chi connectivity index (χ0) is 15.6. The number of hydrogen-bond acceptors (Lipinski definition) is 4. The van der Waals surface area contributed by atoms with Gasteiger partial charge in [-0.25, -0.2) is 12.8 Å². The van der Waals surface area contributed by atoms with Crippen LogP contribution in [0.3, 0.4) is 0 Å². The molecule has 2 N–H and O–H groups in total. The number of hydrogen-bond donors (Lipinski definition) is 2. The van der Waals surface area contributed by atoms with E-state index in [1.807, 2.05) is 0 Å². The van der Waals surface area contributed by atoms with Crippen LogP contribution < -0.4 is 5.32 Å². The first-order valence-corrected chi connectivity index (χ1v) is 7.76. The number of phenols is 1. The lowest BCUT2D eigenvalue weighted by atomic mass is 10.2. The van der Waals surface area contributed by atoms with Gasteiger partial charge in [0.25, 0.3) is 5.91 Å². The predicted molar refractivity (Wildman–Crippen MR) is 75.6 cm³/mol. The number of benzene rings is 2. The molecule has 21 heavy (non-hydrogen) atoms. The van der Waals surface area contributed by atoms with Gasteiger partial charge in [-0.1, -0.05) is 0 Å². The summed E-state index contributed by atoms with van der Waals surface area (Å²) >= 11 is 0.